The molecular weight excluding hydrogens is 609 g/mol. The van der Waals surface area contributed by atoms with Crippen molar-refractivity contribution in [1.82, 2.24) is 5.32 Å². The molecule has 242 valence electrons. The molecule has 11 heteroatoms. The number of anilines is 1. The Kier molecular flexibility index (Phi) is 15.3. The third-order valence-corrected chi connectivity index (χ3v) is 7.70. The van der Waals surface area contributed by atoms with Crippen molar-refractivity contribution in [3.05, 3.63) is 77.4 Å². The molecule has 0 aliphatic carbocycles. The molecule has 0 heterocycles. The zero-order valence-electron chi connectivity index (χ0n) is 26.7. The topological polar surface area (TPSA) is 143 Å². The smallest absolute Gasteiger partial charge is 0.293 e. The summed E-state index contributed by atoms with van der Waals surface area (Å²) in [6.45, 7) is 12.7. The predicted molar refractivity (Wildman–Crippen MR) is 186 cm³/mol. The van der Waals surface area contributed by atoms with Gasteiger partial charge in [-0.2, -0.15) is 0 Å². The SMILES string of the molecule is CC(C)C(C)NC(=O)c1ccc(-c2cc(S)c(C=NCCC(C)(C)O)cc2NC(=O)c2cccc(SN)c2)cc1.CCOC=O. The quantitative estimate of drug-likeness (QED) is 0.0623. The van der Waals surface area contributed by atoms with E-state index in [1.165, 1.54) is 0 Å². The number of thiol groups is 1. The molecule has 3 aromatic carbocycles. The third kappa shape index (κ3) is 12.7. The summed E-state index contributed by atoms with van der Waals surface area (Å²) in [4.78, 5) is 41.0. The Bertz CT molecular complexity index is 1450. The standard InChI is InChI=1S/C31H38N4O3S2.C3H6O2/c1-19(2)20(3)34-29(36)22-11-9-21(10-12-22)26-17-28(39)24(18-33-14-13-31(4,5)38)16-27(26)35-30(37)23-7-6-8-25(15-23)40-32;1-2-5-3-4/h6-12,15-20,38-39H,13-14,32H2,1-5H3,(H,34,36)(H,35,37);3H,2H2,1H3. The van der Waals surface area contributed by atoms with Crippen molar-refractivity contribution < 1.29 is 24.2 Å². The molecular formula is C34H44N4O5S2. The molecule has 3 rings (SSSR count). The molecule has 0 aliphatic heterocycles. The molecule has 0 aliphatic rings. The zero-order chi connectivity index (χ0) is 33.6. The number of nitrogens with one attached hydrogen (secondary N) is 2. The van der Waals surface area contributed by atoms with Gasteiger partial charge in [0.25, 0.3) is 18.3 Å². The number of amides is 2. The van der Waals surface area contributed by atoms with Crippen LogP contribution in [0.1, 0.15) is 74.2 Å². The van der Waals surface area contributed by atoms with Crippen LogP contribution in [-0.4, -0.2) is 54.4 Å². The molecule has 2 amide bonds. The summed E-state index contributed by atoms with van der Waals surface area (Å²) < 4.78 is 4.15. The number of aliphatic hydroxyl groups is 1. The minimum Gasteiger partial charge on any atom is -0.468 e. The molecule has 3 aromatic rings. The minimum absolute atomic E-state index is 0.0505. The number of ether oxygens (including phenoxy) is 1. The summed E-state index contributed by atoms with van der Waals surface area (Å²) in [5.74, 6) is -0.0939. The number of carbonyl (C=O) groups is 3. The normalized spacial score (nSPS) is 11.9. The molecule has 0 spiro atoms. The number of nitrogens with two attached hydrogens (primary N) is 1. The highest BCUT2D eigenvalue weighted by Gasteiger charge is 2.16. The van der Waals surface area contributed by atoms with Crippen LogP contribution in [-0.2, 0) is 9.53 Å². The fourth-order valence-electron chi connectivity index (χ4n) is 3.78. The molecule has 0 radical (unpaired) electrons. The molecule has 0 aromatic heterocycles. The number of carbonyl (C=O) groups excluding carboxylic acids is 3. The number of hydrogen-bond donors (Lipinski definition) is 5. The largest absolute Gasteiger partial charge is 0.468 e. The molecule has 0 saturated carbocycles. The van der Waals surface area contributed by atoms with Gasteiger partial charge in [-0.25, -0.2) is 0 Å². The fraction of sp³-hybridized carbons (Fsp3) is 0.353. The van der Waals surface area contributed by atoms with Gasteiger partial charge in [0.15, 0.2) is 0 Å². The van der Waals surface area contributed by atoms with Crippen LogP contribution in [0.25, 0.3) is 11.1 Å². The van der Waals surface area contributed by atoms with Gasteiger partial charge in [0.05, 0.1) is 12.2 Å². The van der Waals surface area contributed by atoms with Gasteiger partial charge in [-0.3, -0.25) is 24.5 Å². The van der Waals surface area contributed by atoms with E-state index in [4.69, 9.17) is 5.14 Å². The van der Waals surface area contributed by atoms with Crippen LogP contribution in [0, 0.1) is 5.92 Å². The zero-order valence-corrected chi connectivity index (χ0v) is 28.4. The van der Waals surface area contributed by atoms with E-state index in [0.29, 0.717) is 53.7 Å². The Morgan fingerprint density at radius 1 is 1.07 bits per heavy atom. The number of hydrogen-bond acceptors (Lipinski definition) is 9. The molecule has 0 saturated heterocycles. The van der Waals surface area contributed by atoms with Gasteiger partial charge in [-0.15, -0.1) is 12.6 Å². The van der Waals surface area contributed by atoms with Crippen molar-refractivity contribution in [2.45, 2.75) is 69.4 Å². The maximum absolute atomic E-state index is 13.2. The molecule has 0 fully saturated rings. The van der Waals surface area contributed by atoms with E-state index in [1.807, 2.05) is 37.3 Å². The number of aliphatic imine (C=N–C) groups is 1. The molecule has 0 bridgehead atoms. The number of nitrogens with zero attached hydrogens (tertiary/aromatic N) is 1. The van der Waals surface area contributed by atoms with E-state index in [9.17, 15) is 19.5 Å². The molecule has 5 N–H and O–H groups in total. The van der Waals surface area contributed by atoms with Crippen LogP contribution < -0.4 is 15.8 Å². The minimum atomic E-state index is -0.809. The summed E-state index contributed by atoms with van der Waals surface area (Å²) in [7, 11) is 0. The number of rotatable bonds is 13. The summed E-state index contributed by atoms with van der Waals surface area (Å²) >= 11 is 5.76. The molecule has 45 heavy (non-hydrogen) atoms. The summed E-state index contributed by atoms with van der Waals surface area (Å²) in [5, 5.41) is 21.7. The van der Waals surface area contributed by atoms with Crippen molar-refractivity contribution in [2.75, 3.05) is 18.5 Å². The van der Waals surface area contributed by atoms with E-state index in [1.54, 1.807) is 57.3 Å². The fourth-order valence-corrected chi connectivity index (χ4v) is 4.39. The predicted octanol–water partition coefficient (Wildman–Crippen LogP) is 6.39. The summed E-state index contributed by atoms with van der Waals surface area (Å²) in [5.41, 5.74) is 3.08. The summed E-state index contributed by atoms with van der Waals surface area (Å²) in [6.07, 6.45) is 2.21. The van der Waals surface area contributed by atoms with Gasteiger partial charge in [0.2, 0.25) is 0 Å². The lowest BCUT2D eigenvalue weighted by Crippen LogP contribution is -2.36. The van der Waals surface area contributed by atoms with Crippen LogP contribution in [0.3, 0.4) is 0 Å². The van der Waals surface area contributed by atoms with Gasteiger partial charge in [-0.05, 0) is 100 Å². The Labute approximate surface area is 276 Å². The Morgan fingerprint density at radius 2 is 1.76 bits per heavy atom. The van der Waals surface area contributed by atoms with Crippen molar-refractivity contribution in [3.8, 4) is 11.1 Å². The molecule has 1 unspecified atom stereocenters. The number of benzene rings is 3. The average Bonchev–Trinajstić information content (AvgIpc) is 3.00. The highest BCUT2D eigenvalue weighted by molar-refractivity contribution is 7.97. The summed E-state index contributed by atoms with van der Waals surface area (Å²) in [6, 6.07) is 18.1. The second-order valence-corrected chi connectivity index (χ2v) is 12.5. The van der Waals surface area contributed by atoms with E-state index in [0.717, 1.165) is 33.5 Å². The third-order valence-electron chi connectivity index (χ3n) is 6.78. The maximum atomic E-state index is 13.2. The molecule has 1 atom stereocenters. The van der Waals surface area contributed by atoms with E-state index >= 15 is 0 Å². The Morgan fingerprint density at radius 3 is 2.31 bits per heavy atom. The first-order valence-electron chi connectivity index (χ1n) is 14.6. The highest BCUT2D eigenvalue weighted by atomic mass is 32.2. The van der Waals surface area contributed by atoms with Crippen LogP contribution in [0.4, 0.5) is 5.69 Å². The van der Waals surface area contributed by atoms with Crippen LogP contribution in [0.2, 0.25) is 0 Å². The average molecular weight is 653 g/mol. The van der Waals surface area contributed by atoms with Crippen molar-refractivity contribution in [1.29, 1.82) is 0 Å². The van der Waals surface area contributed by atoms with Gasteiger partial charge in [0.1, 0.15) is 0 Å². The van der Waals surface area contributed by atoms with Crippen LogP contribution in [0.5, 0.6) is 0 Å². The lowest BCUT2D eigenvalue weighted by Gasteiger charge is -2.18. The lowest BCUT2D eigenvalue weighted by molar-refractivity contribution is -0.128. The van der Waals surface area contributed by atoms with Crippen molar-refractivity contribution >= 4 is 54.8 Å². The lowest BCUT2D eigenvalue weighted by atomic mass is 9.99. The molecule has 9 nitrogen and oxygen atoms in total. The van der Waals surface area contributed by atoms with Crippen LogP contribution >= 0.6 is 24.6 Å². The first kappa shape index (κ1) is 37.5. The van der Waals surface area contributed by atoms with E-state index in [-0.39, 0.29) is 17.9 Å². The maximum Gasteiger partial charge on any atom is 0.293 e. The monoisotopic (exact) mass is 652 g/mol. The second-order valence-electron chi connectivity index (χ2n) is 11.3. The second kappa shape index (κ2) is 18.4. The van der Waals surface area contributed by atoms with Gasteiger partial charge >= 0.3 is 0 Å². The van der Waals surface area contributed by atoms with E-state index < -0.39 is 5.60 Å². The van der Waals surface area contributed by atoms with Crippen molar-refractivity contribution in [2.24, 2.45) is 16.0 Å². The highest BCUT2D eigenvalue weighted by Crippen LogP contribution is 2.33. The van der Waals surface area contributed by atoms with Crippen molar-refractivity contribution in [3.63, 3.8) is 0 Å². The Balaban J connectivity index is 0.00000130. The Hall–Kier alpha value is -3.64. The van der Waals surface area contributed by atoms with Gasteiger partial charge < -0.3 is 20.5 Å². The van der Waals surface area contributed by atoms with Gasteiger partial charge in [0, 0.05) is 56.5 Å². The van der Waals surface area contributed by atoms with Gasteiger partial charge in [-0.1, -0.05) is 32.0 Å². The van der Waals surface area contributed by atoms with E-state index in [2.05, 4.69) is 46.8 Å². The first-order valence-corrected chi connectivity index (χ1v) is 16.0. The van der Waals surface area contributed by atoms with Crippen LogP contribution in [0.15, 0.2) is 75.4 Å². The first-order chi connectivity index (χ1) is 21.3.